The first-order valence-corrected chi connectivity index (χ1v) is 18.1. The molecule has 2 atom stereocenters. The first-order chi connectivity index (χ1) is 19.8. The molecule has 3 aromatic rings. The third-order valence-electron chi connectivity index (χ3n) is 8.42. The summed E-state index contributed by atoms with van der Waals surface area (Å²) in [7, 11) is -2.44. The van der Waals surface area contributed by atoms with Crippen molar-refractivity contribution in [2.45, 2.75) is 83.2 Å². The lowest BCUT2D eigenvalue weighted by molar-refractivity contribution is -0.120. The summed E-state index contributed by atoms with van der Waals surface area (Å²) in [4.78, 5) is 23.5. The van der Waals surface area contributed by atoms with Crippen LogP contribution < -0.4 is 10.6 Å². The van der Waals surface area contributed by atoms with Gasteiger partial charge >= 0.3 is 0 Å². The number of phenols is 1. The molecule has 3 rings (SSSR count). The van der Waals surface area contributed by atoms with Crippen molar-refractivity contribution in [2.24, 2.45) is 0 Å². The van der Waals surface area contributed by atoms with Gasteiger partial charge in [-0.1, -0.05) is 67.9 Å². The van der Waals surface area contributed by atoms with Crippen LogP contribution in [0.4, 0.5) is 0 Å². The molecule has 8 heteroatoms. The number of carbonyl (C=O) groups excluding carboxylic acids is 1. The van der Waals surface area contributed by atoms with Crippen LogP contribution in [0.2, 0.25) is 23.2 Å². The van der Waals surface area contributed by atoms with E-state index < -0.39 is 8.32 Å². The minimum Gasteiger partial charge on any atom is -0.508 e. The van der Waals surface area contributed by atoms with E-state index in [1.54, 1.807) is 6.07 Å². The molecule has 0 aliphatic carbocycles. The molecule has 6 nitrogen and oxygen atoms in total. The molecule has 0 unspecified atom stereocenters. The Hall–Kier alpha value is -2.68. The van der Waals surface area contributed by atoms with Gasteiger partial charge in [-0.15, -0.1) is 0 Å². The Kier molecular flexibility index (Phi) is 12.2. The molecule has 0 radical (unpaired) electrons. The first-order valence-electron chi connectivity index (χ1n) is 14.7. The lowest BCUT2D eigenvalue weighted by Gasteiger charge is -2.38. The van der Waals surface area contributed by atoms with Crippen LogP contribution in [0.25, 0.3) is 0 Å². The predicted molar refractivity (Wildman–Crippen MR) is 175 cm³/mol. The van der Waals surface area contributed by atoms with Crippen molar-refractivity contribution in [3.63, 3.8) is 0 Å². The maximum atomic E-state index is 12.6. The van der Waals surface area contributed by atoms with E-state index in [9.17, 15) is 19.8 Å². The van der Waals surface area contributed by atoms with Crippen molar-refractivity contribution in [2.75, 3.05) is 13.1 Å². The molecule has 228 valence electrons. The molecule has 3 aromatic carbocycles. The lowest BCUT2D eigenvalue weighted by atomic mass is 9.88. The summed E-state index contributed by atoms with van der Waals surface area (Å²) < 4.78 is 0. The summed E-state index contributed by atoms with van der Waals surface area (Å²) in [5.74, 6) is 0.187. The molecule has 0 saturated heterocycles. The summed E-state index contributed by atoms with van der Waals surface area (Å²) in [6.07, 6.45) is 2.68. The van der Waals surface area contributed by atoms with Gasteiger partial charge < -0.3 is 25.6 Å². The van der Waals surface area contributed by atoms with Gasteiger partial charge in [0.2, 0.25) is 5.91 Å². The summed E-state index contributed by atoms with van der Waals surface area (Å²) in [5.41, 5.74) is 4.82. The summed E-state index contributed by atoms with van der Waals surface area (Å²) in [6, 6.07) is 21.5. The highest BCUT2D eigenvalue weighted by Crippen LogP contribution is 2.44. The number of hydrogen-bond acceptors (Lipinski definition) is 5. The Morgan fingerprint density at radius 2 is 1.69 bits per heavy atom. The lowest BCUT2D eigenvalue weighted by Crippen LogP contribution is -2.41. The summed E-state index contributed by atoms with van der Waals surface area (Å²) in [6.45, 7) is 11.4. The van der Waals surface area contributed by atoms with Crippen LogP contribution in [0.3, 0.4) is 0 Å². The second-order valence-electron chi connectivity index (χ2n) is 12.6. The Bertz CT molecular complexity index is 1310. The smallest absolute Gasteiger partial charge is 0.224 e. The fraction of sp³-hybridized carbons (Fsp3) is 0.441. The van der Waals surface area contributed by atoms with Gasteiger partial charge in [-0.2, -0.15) is 0 Å². The maximum absolute atomic E-state index is 12.6. The SMILES string of the molecule is C[C@H](Cc1cccc(CC(=O)NCCc2ccc(Cl)cc2)c1)NC[C@H](CC(C)(C)[Si](C)(C)O)c1ccc(O)c(CO)c1. The molecule has 0 saturated carbocycles. The van der Waals surface area contributed by atoms with Crippen LogP contribution >= 0.6 is 11.6 Å². The average Bonchev–Trinajstić information content (AvgIpc) is 2.92. The molecular weight excluding hydrogens is 564 g/mol. The van der Waals surface area contributed by atoms with Gasteiger partial charge in [0.15, 0.2) is 8.32 Å². The van der Waals surface area contributed by atoms with E-state index in [1.165, 1.54) is 0 Å². The Morgan fingerprint density at radius 3 is 2.36 bits per heavy atom. The van der Waals surface area contributed by atoms with Crippen LogP contribution in [-0.2, 0) is 30.7 Å². The van der Waals surface area contributed by atoms with Crippen molar-refractivity contribution in [1.82, 2.24) is 10.6 Å². The fourth-order valence-electron chi connectivity index (χ4n) is 5.04. The monoisotopic (exact) mass is 610 g/mol. The van der Waals surface area contributed by atoms with Gasteiger partial charge in [0, 0.05) is 29.7 Å². The van der Waals surface area contributed by atoms with E-state index in [1.807, 2.05) is 61.6 Å². The number of carbonyl (C=O) groups is 1. The normalized spacial score (nSPS) is 13.5. The highest BCUT2D eigenvalue weighted by molar-refractivity contribution is 6.72. The molecular formula is C34H47ClN2O4Si. The molecule has 0 heterocycles. The van der Waals surface area contributed by atoms with Crippen LogP contribution in [-0.4, -0.2) is 48.4 Å². The minimum atomic E-state index is -2.44. The molecule has 0 aliphatic heterocycles. The number of aliphatic hydroxyl groups excluding tert-OH is 1. The predicted octanol–water partition coefficient (Wildman–Crippen LogP) is 6.11. The molecule has 42 heavy (non-hydrogen) atoms. The number of amides is 1. The molecule has 5 N–H and O–H groups in total. The standard InChI is InChI=1S/C34H47ClN2O4Si/c1-24(37-22-30(21-34(2,3)42(4,5)41)28-11-14-32(39)29(20-28)23-38)17-26-7-6-8-27(18-26)19-33(40)36-16-15-25-9-12-31(35)13-10-25/h6-14,18,20,24,30,37-39,41H,15-17,19,21-23H2,1-5H3,(H,36,40)/t24-,30+/m1/s1. The number of halogens is 1. The van der Waals surface area contributed by atoms with Crippen LogP contribution in [0, 0.1) is 0 Å². The van der Waals surface area contributed by atoms with Crippen LogP contribution in [0.5, 0.6) is 5.75 Å². The Labute approximate surface area is 257 Å². The van der Waals surface area contributed by atoms with Crippen molar-refractivity contribution in [1.29, 1.82) is 0 Å². The first kappa shape index (κ1) is 33.8. The Balaban J connectivity index is 1.58. The van der Waals surface area contributed by atoms with Crippen LogP contribution in [0.15, 0.2) is 66.7 Å². The highest BCUT2D eigenvalue weighted by atomic mass is 35.5. The van der Waals surface area contributed by atoms with Crippen molar-refractivity contribution in [3.05, 3.63) is 99.6 Å². The third kappa shape index (κ3) is 10.2. The van der Waals surface area contributed by atoms with E-state index in [2.05, 4.69) is 43.5 Å². The number of aliphatic hydroxyl groups is 1. The van der Waals surface area contributed by atoms with Gasteiger partial charge in [-0.25, -0.2) is 0 Å². The van der Waals surface area contributed by atoms with Crippen molar-refractivity contribution in [3.8, 4) is 5.75 Å². The third-order valence-corrected chi connectivity index (χ3v) is 12.2. The molecule has 1 amide bonds. The van der Waals surface area contributed by atoms with E-state index >= 15 is 0 Å². The van der Waals surface area contributed by atoms with E-state index in [0.717, 1.165) is 41.5 Å². The molecule has 0 aliphatic rings. The van der Waals surface area contributed by atoms with Crippen LogP contribution in [0.1, 0.15) is 60.9 Å². The summed E-state index contributed by atoms with van der Waals surface area (Å²) >= 11 is 5.94. The maximum Gasteiger partial charge on any atom is 0.224 e. The molecule has 0 fully saturated rings. The van der Waals surface area contributed by atoms with Gasteiger partial charge in [0.1, 0.15) is 5.75 Å². The number of hydrogen-bond donors (Lipinski definition) is 5. The molecule has 0 bridgehead atoms. The van der Waals surface area contributed by atoms with Gasteiger partial charge in [-0.3, -0.25) is 4.79 Å². The number of nitrogens with one attached hydrogen (secondary N) is 2. The fourth-order valence-corrected chi connectivity index (χ4v) is 5.91. The van der Waals surface area contributed by atoms with Crippen molar-refractivity contribution >= 4 is 25.8 Å². The minimum absolute atomic E-state index is 0.00393. The summed E-state index contributed by atoms with van der Waals surface area (Å²) in [5, 5.41) is 27.0. The molecule has 0 aromatic heterocycles. The van der Waals surface area contributed by atoms with E-state index in [-0.39, 0.29) is 35.3 Å². The van der Waals surface area contributed by atoms with E-state index in [4.69, 9.17) is 11.6 Å². The van der Waals surface area contributed by atoms with Crippen molar-refractivity contribution < 1.29 is 19.8 Å². The Morgan fingerprint density at radius 1 is 1.00 bits per heavy atom. The molecule has 0 spiro atoms. The zero-order valence-corrected chi connectivity index (χ0v) is 27.3. The zero-order valence-electron chi connectivity index (χ0n) is 25.6. The highest BCUT2D eigenvalue weighted by Gasteiger charge is 2.40. The zero-order chi connectivity index (χ0) is 30.9. The topological polar surface area (TPSA) is 102 Å². The number of benzene rings is 3. The van der Waals surface area contributed by atoms with Gasteiger partial charge in [0.05, 0.1) is 13.0 Å². The van der Waals surface area contributed by atoms with Gasteiger partial charge in [0.25, 0.3) is 0 Å². The largest absolute Gasteiger partial charge is 0.508 e. The average molecular weight is 611 g/mol. The second-order valence-corrected chi connectivity index (χ2v) is 17.5. The number of aromatic hydroxyl groups is 1. The van der Waals surface area contributed by atoms with E-state index in [0.29, 0.717) is 30.1 Å². The second kappa shape index (κ2) is 15.2. The number of rotatable bonds is 15. The quantitative estimate of drug-likeness (QED) is 0.134. The van der Waals surface area contributed by atoms with Gasteiger partial charge in [-0.05, 0) is 96.8 Å².